The summed E-state index contributed by atoms with van der Waals surface area (Å²) < 4.78 is 1.98. The molecule has 1 aliphatic heterocycles. The average molecular weight is 432 g/mol. The number of fused-ring (bicyclic) bond motifs is 1. The number of carbonyl (C=O) groups is 2. The molecule has 0 bridgehead atoms. The second-order valence-electron chi connectivity index (χ2n) is 9.08. The quantitative estimate of drug-likeness (QED) is 0.664. The Balaban J connectivity index is 1.60. The number of piperidine rings is 1. The first-order valence-corrected chi connectivity index (χ1v) is 11.6. The van der Waals surface area contributed by atoms with Crippen molar-refractivity contribution in [2.75, 3.05) is 11.9 Å². The number of likely N-dealkylation sites (tertiary alicyclic amines) is 1. The number of anilines is 1. The van der Waals surface area contributed by atoms with Crippen molar-refractivity contribution < 1.29 is 9.59 Å². The Bertz CT molecular complexity index is 1170. The summed E-state index contributed by atoms with van der Waals surface area (Å²) in [6, 6.07) is 7.74. The Labute approximate surface area is 187 Å². The van der Waals surface area contributed by atoms with Crippen molar-refractivity contribution in [2.24, 2.45) is 13.0 Å². The van der Waals surface area contributed by atoms with Crippen molar-refractivity contribution in [3.8, 4) is 11.4 Å². The van der Waals surface area contributed by atoms with Crippen molar-refractivity contribution in [1.29, 1.82) is 0 Å². The molecular weight excluding hydrogens is 402 g/mol. The fourth-order valence-electron chi connectivity index (χ4n) is 4.80. The van der Waals surface area contributed by atoms with Crippen LogP contribution in [0.1, 0.15) is 55.8 Å². The van der Waals surface area contributed by atoms with Crippen LogP contribution in [0.3, 0.4) is 0 Å². The molecule has 7 nitrogen and oxygen atoms in total. The predicted molar refractivity (Wildman–Crippen MR) is 124 cm³/mol. The van der Waals surface area contributed by atoms with E-state index in [-0.39, 0.29) is 23.8 Å². The molecule has 1 N–H and O–H groups in total. The Morgan fingerprint density at radius 1 is 1.06 bits per heavy atom. The lowest BCUT2D eigenvalue weighted by Crippen LogP contribution is -2.42. The molecule has 2 fully saturated rings. The Morgan fingerprint density at radius 2 is 1.84 bits per heavy atom. The molecule has 32 heavy (non-hydrogen) atoms. The summed E-state index contributed by atoms with van der Waals surface area (Å²) in [5, 5.41) is 3.12. The zero-order valence-electron chi connectivity index (χ0n) is 18.7. The van der Waals surface area contributed by atoms with E-state index >= 15 is 0 Å². The zero-order chi connectivity index (χ0) is 22.2. The molecule has 2 aromatic heterocycles. The van der Waals surface area contributed by atoms with E-state index < -0.39 is 0 Å². The van der Waals surface area contributed by atoms with E-state index in [0.717, 1.165) is 62.0 Å². The number of amides is 2. The highest BCUT2D eigenvalue weighted by Crippen LogP contribution is 2.33. The number of nitrogens with one attached hydrogen (secondary N) is 1. The Kier molecular flexibility index (Phi) is 5.41. The van der Waals surface area contributed by atoms with Gasteiger partial charge in [-0.25, -0.2) is 4.98 Å². The third kappa shape index (κ3) is 3.66. The molecule has 0 radical (unpaired) electrons. The highest BCUT2D eigenvalue weighted by Gasteiger charge is 2.29. The van der Waals surface area contributed by atoms with E-state index in [9.17, 15) is 9.59 Å². The molecule has 1 aromatic carbocycles. The number of aromatic nitrogens is 3. The molecule has 1 saturated heterocycles. The second kappa shape index (κ2) is 8.37. The van der Waals surface area contributed by atoms with Crippen molar-refractivity contribution in [3.05, 3.63) is 42.2 Å². The first kappa shape index (κ1) is 20.7. The summed E-state index contributed by atoms with van der Waals surface area (Å²) in [5.41, 5.74) is 3.70. The summed E-state index contributed by atoms with van der Waals surface area (Å²) in [5.74, 6) is 0.867. The van der Waals surface area contributed by atoms with E-state index in [1.54, 1.807) is 12.4 Å². The predicted octanol–water partition coefficient (Wildman–Crippen LogP) is 4.39. The fraction of sp³-hybridized carbons (Fsp3) is 0.440. The van der Waals surface area contributed by atoms with Gasteiger partial charge in [-0.2, -0.15) is 0 Å². The van der Waals surface area contributed by atoms with Gasteiger partial charge in [-0.05, 0) is 63.3 Å². The van der Waals surface area contributed by atoms with E-state index in [0.29, 0.717) is 16.8 Å². The number of carbonyl (C=O) groups excluding carboxylic acids is 2. The van der Waals surface area contributed by atoms with E-state index in [4.69, 9.17) is 4.98 Å². The first-order valence-electron chi connectivity index (χ1n) is 11.6. The minimum atomic E-state index is 0.00866. The summed E-state index contributed by atoms with van der Waals surface area (Å²) >= 11 is 0. The van der Waals surface area contributed by atoms with Crippen molar-refractivity contribution in [2.45, 2.75) is 51.5 Å². The van der Waals surface area contributed by atoms with Crippen LogP contribution >= 0.6 is 0 Å². The molecule has 5 rings (SSSR count). The van der Waals surface area contributed by atoms with Gasteiger partial charge >= 0.3 is 0 Å². The molecule has 2 amide bonds. The maximum atomic E-state index is 13.4. The molecule has 3 heterocycles. The largest absolute Gasteiger partial charge is 0.336 e. The molecule has 2 aliphatic rings. The van der Waals surface area contributed by atoms with Crippen LogP contribution in [-0.4, -0.2) is 43.8 Å². The molecule has 1 atom stereocenters. The molecule has 7 heteroatoms. The van der Waals surface area contributed by atoms with Gasteiger partial charge in [-0.1, -0.05) is 6.42 Å². The third-order valence-corrected chi connectivity index (χ3v) is 6.95. The van der Waals surface area contributed by atoms with Crippen molar-refractivity contribution in [3.63, 3.8) is 0 Å². The van der Waals surface area contributed by atoms with Gasteiger partial charge in [0, 0.05) is 49.1 Å². The third-order valence-electron chi connectivity index (χ3n) is 6.95. The number of benzene rings is 1. The molecule has 1 unspecified atom stereocenters. The van der Waals surface area contributed by atoms with Crippen LogP contribution in [-0.2, 0) is 11.8 Å². The molecule has 1 saturated carbocycles. The lowest BCUT2D eigenvalue weighted by molar-refractivity contribution is -0.122. The van der Waals surface area contributed by atoms with Gasteiger partial charge in [0.2, 0.25) is 5.91 Å². The van der Waals surface area contributed by atoms with Gasteiger partial charge in [0.15, 0.2) is 0 Å². The normalized spacial score (nSPS) is 19.1. The molecular formula is C25H29N5O2. The second-order valence-corrected chi connectivity index (χ2v) is 9.08. The monoisotopic (exact) mass is 431 g/mol. The van der Waals surface area contributed by atoms with Gasteiger partial charge in [0.05, 0.1) is 16.7 Å². The van der Waals surface area contributed by atoms with Crippen LogP contribution < -0.4 is 5.32 Å². The van der Waals surface area contributed by atoms with Crippen LogP contribution in [0.4, 0.5) is 5.69 Å². The minimum Gasteiger partial charge on any atom is -0.336 e. The first-order chi connectivity index (χ1) is 15.5. The Hall–Kier alpha value is -3.22. The summed E-state index contributed by atoms with van der Waals surface area (Å²) in [6.45, 7) is 2.88. The molecule has 0 spiro atoms. The highest BCUT2D eigenvalue weighted by atomic mass is 16.2. The number of pyridine rings is 1. The smallest absolute Gasteiger partial charge is 0.254 e. The van der Waals surface area contributed by atoms with Crippen molar-refractivity contribution in [1.82, 2.24) is 19.4 Å². The minimum absolute atomic E-state index is 0.00866. The van der Waals surface area contributed by atoms with Crippen LogP contribution in [0.25, 0.3) is 22.4 Å². The molecule has 166 valence electrons. The standard InChI is InChI=1S/C25H29N5O2/c1-16-6-3-4-13-30(16)25(32)19-14-20-22(21(15-19)28-24(31)18-7-5-8-18)29(2)23(27-20)17-9-11-26-12-10-17/h9-12,14-16,18H,3-8,13H2,1-2H3,(H,28,31). The zero-order valence-corrected chi connectivity index (χ0v) is 18.7. The van der Waals surface area contributed by atoms with Gasteiger partial charge in [-0.3, -0.25) is 14.6 Å². The lowest BCUT2D eigenvalue weighted by Gasteiger charge is -2.33. The molecule has 3 aromatic rings. The Morgan fingerprint density at radius 3 is 2.53 bits per heavy atom. The number of aryl methyl sites for hydroxylation is 1. The van der Waals surface area contributed by atoms with Gasteiger partial charge < -0.3 is 14.8 Å². The van der Waals surface area contributed by atoms with Gasteiger partial charge in [-0.15, -0.1) is 0 Å². The SMILES string of the molecule is CC1CCCCN1C(=O)c1cc(NC(=O)C2CCC2)c2c(c1)nc(-c1ccncc1)n2C. The summed E-state index contributed by atoms with van der Waals surface area (Å²) in [6.07, 6.45) is 9.62. The number of imidazole rings is 1. The topological polar surface area (TPSA) is 80.1 Å². The number of rotatable bonds is 4. The molecule has 1 aliphatic carbocycles. The van der Waals surface area contributed by atoms with E-state index in [2.05, 4.69) is 17.2 Å². The highest BCUT2D eigenvalue weighted by molar-refractivity contribution is 6.06. The number of hydrogen-bond acceptors (Lipinski definition) is 4. The lowest BCUT2D eigenvalue weighted by atomic mass is 9.85. The van der Waals surface area contributed by atoms with Crippen molar-refractivity contribution >= 4 is 28.5 Å². The fourth-order valence-corrected chi connectivity index (χ4v) is 4.80. The number of nitrogens with zero attached hydrogens (tertiary/aromatic N) is 4. The van der Waals surface area contributed by atoms with Gasteiger partial charge in [0.1, 0.15) is 5.82 Å². The van der Waals surface area contributed by atoms with E-state index in [1.165, 1.54) is 0 Å². The van der Waals surface area contributed by atoms with E-state index in [1.807, 2.05) is 40.8 Å². The maximum absolute atomic E-state index is 13.4. The van der Waals surface area contributed by atoms with Crippen LogP contribution in [0, 0.1) is 5.92 Å². The van der Waals surface area contributed by atoms with Crippen LogP contribution in [0.5, 0.6) is 0 Å². The maximum Gasteiger partial charge on any atom is 0.254 e. The number of hydrogen-bond donors (Lipinski definition) is 1. The summed E-state index contributed by atoms with van der Waals surface area (Å²) in [7, 11) is 1.94. The van der Waals surface area contributed by atoms with Crippen LogP contribution in [0.15, 0.2) is 36.7 Å². The van der Waals surface area contributed by atoms with Crippen LogP contribution in [0.2, 0.25) is 0 Å². The van der Waals surface area contributed by atoms with Gasteiger partial charge in [0.25, 0.3) is 5.91 Å². The average Bonchev–Trinajstić information content (AvgIpc) is 3.09. The summed E-state index contributed by atoms with van der Waals surface area (Å²) in [4.78, 5) is 37.1.